The number of halogens is 7. The fraction of sp³-hybridized carbons (Fsp3) is 0.833. The number of ketones is 1. The van der Waals surface area contributed by atoms with E-state index >= 15 is 0 Å². The van der Waals surface area contributed by atoms with Crippen LogP contribution in [0.1, 0.15) is 27.2 Å². The van der Waals surface area contributed by atoms with Crippen molar-refractivity contribution in [3.8, 4) is 0 Å². The van der Waals surface area contributed by atoms with Crippen molar-refractivity contribution in [2.75, 3.05) is 0 Å². The molecule has 130 valence electrons. The lowest BCUT2D eigenvalue weighted by Crippen LogP contribution is -2.57. The quantitative estimate of drug-likeness (QED) is 0.417. The molecule has 0 N–H and O–H groups in total. The predicted octanol–water partition coefficient (Wildman–Crippen LogP) is 4.40. The Balaban J connectivity index is 5.44. The molecule has 0 spiro atoms. The van der Waals surface area contributed by atoms with Gasteiger partial charge in [0.1, 0.15) is 13.5 Å². The average Bonchev–Trinajstić information content (AvgIpc) is 2.25. The van der Waals surface area contributed by atoms with Crippen molar-refractivity contribution in [1.29, 1.82) is 0 Å². The van der Waals surface area contributed by atoms with Crippen LogP contribution in [0.2, 0.25) is 18.1 Å². The second kappa shape index (κ2) is 5.61. The Hall–Kier alpha value is -0.933. The second-order valence-corrected chi connectivity index (χ2v) is 11.9. The molecule has 0 radical (unpaired) electrons. The van der Waals surface area contributed by atoms with Crippen molar-refractivity contribution < 1.29 is 40.3 Å². The van der Waals surface area contributed by atoms with Crippen LogP contribution in [-0.4, -0.2) is 37.3 Å². The zero-order chi connectivity index (χ0) is 18.4. The predicted molar refractivity (Wildman–Crippen MR) is 67.8 cm³/mol. The Morgan fingerprint density at radius 2 is 1.23 bits per heavy atom. The molecule has 0 aromatic heterocycles. The van der Waals surface area contributed by atoms with Gasteiger partial charge in [0, 0.05) is 0 Å². The molecule has 22 heavy (non-hydrogen) atoms. The van der Waals surface area contributed by atoms with E-state index in [0.717, 1.165) is 0 Å². The molecule has 0 aliphatic rings. The number of Topliss-reactive ketones (excluding diaryl/α,β-unsaturated/α-hetero) is 1. The summed E-state index contributed by atoms with van der Waals surface area (Å²) in [5, 5.41) is -1.67. The van der Waals surface area contributed by atoms with Crippen LogP contribution in [0.5, 0.6) is 0 Å². The van der Waals surface area contributed by atoms with Gasteiger partial charge in [-0.15, -0.1) is 0 Å². The van der Waals surface area contributed by atoms with Gasteiger partial charge in [0.25, 0.3) is 0 Å². The first kappa shape index (κ1) is 21.1. The largest absolute Gasteiger partial charge is 0.460 e. The molecular weight excluding hydrogens is 337 g/mol. The minimum absolute atomic E-state index is 0.674. The third-order valence-corrected chi connectivity index (χ3v) is 9.31. The summed E-state index contributed by atoms with van der Waals surface area (Å²) in [5.74, 6) is -15.2. The summed E-state index contributed by atoms with van der Waals surface area (Å²) >= 11 is 0. The lowest BCUT2D eigenvalue weighted by atomic mass is 10.0. The lowest BCUT2D eigenvalue weighted by molar-refractivity contribution is -0.343. The first-order valence-electron chi connectivity index (χ1n) is 6.19. The highest BCUT2D eigenvalue weighted by Gasteiger charge is 2.75. The van der Waals surface area contributed by atoms with Gasteiger partial charge in [-0.05, 0) is 5.04 Å². The Bertz CT molecular complexity index is 461. The van der Waals surface area contributed by atoms with Crippen LogP contribution in [-0.2, 0) is 9.59 Å². The fourth-order valence-electron chi connectivity index (χ4n) is 1.25. The standard InChI is InChI=1S/C12H17F7O2Si/c1-9(2,3)22(4,5)8(21)6-7(20)10(13,14)11(15,16)12(17,18)19/h6H2,1-5H3. The van der Waals surface area contributed by atoms with Crippen LogP contribution in [0.15, 0.2) is 0 Å². The Morgan fingerprint density at radius 1 is 0.864 bits per heavy atom. The molecule has 0 aromatic rings. The molecule has 0 bridgehead atoms. The zero-order valence-electron chi connectivity index (χ0n) is 12.7. The van der Waals surface area contributed by atoms with Gasteiger partial charge in [0.15, 0.2) is 0 Å². The van der Waals surface area contributed by atoms with Crippen LogP contribution in [0.3, 0.4) is 0 Å². The van der Waals surface area contributed by atoms with E-state index in [1.807, 2.05) is 0 Å². The van der Waals surface area contributed by atoms with Crippen molar-refractivity contribution in [3.05, 3.63) is 0 Å². The van der Waals surface area contributed by atoms with Gasteiger partial charge in [-0.1, -0.05) is 33.9 Å². The maximum Gasteiger partial charge on any atom is 0.460 e. The van der Waals surface area contributed by atoms with Crippen LogP contribution < -0.4 is 0 Å². The number of alkyl halides is 7. The number of hydrogen-bond acceptors (Lipinski definition) is 2. The van der Waals surface area contributed by atoms with Gasteiger partial charge >= 0.3 is 18.0 Å². The average molecular weight is 354 g/mol. The van der Waals surface area contributed by atoms with Crippen molar-refractivity contribution in [1.82, 2.24) is 0 Å². The highest BCUT2D eigenvalue weighted by atomic mass is 28.3. The van der Waals surface area contributed by atoms with E-state index in [1.54, 1.807) is 20.8 Å². The van der Waals surface area contributed by atoms with Crippen LogP contribution >= 0.6 is 0 Å². The van der Waals surface area contributed by atoms with Crippen molar-refractivity contribution in [2.24, 2.45) is 0 Å². The zero-order valence-corrected chi connectivity index (χ0v) is 13.7. The van der Waals surface area contributed by atoms with E-state index in [0.29, 0.717) is 0 Å². The van der Waals surface area contributed by atoms with E-state index in [2.05, 4.69) is 0 Å². The number of hydrogen-bond donors (Lipinski definition) is 0. The molecule has 0 aromatic carbocycles. The topological polar surface area (TPSA) is 34.1 Å². The smallest absolute Gasteiger partial charge is 0.305 e. The van der Waals surface area contributed by atoms with Crippen molar-refractivity contribution in [2.45, 2.75) is 63.3 Å². The maximum absolute atomic E-state index is 13.2. The molecule has 10 heteroatoms. The molecule has 0 aliphatic heterocycles. The monoisotopic (exact) mass is 354 g/mol. The van der Waals surface area contributed by atoms with Gasteiger partial charge < -0.3 is 4.79 Å². The second-order valence-electron chi connectivity index (χ2n) is 6.54. The molecule has 0 heterocycles. The molecule has 0 amide bonds. The van der Waals surface area contributed by atoms with Crippen molar-refractivity contribution in [3.63, 3.8) is 0 Å². The summed E-state index contributed by atoms with van der Waals surface area (Å²) < 4.78 is 87.8. The Kier molecular flexibility index (Phi) is 5.37. The fourth-order valence-corrected chi connectivity index (χ4v) is 2.69. The molecule has 0 saturated carbocycles. The first-order chi connectivity index (χ1) is 9.30. The van der Waals surface area contributed by atoms with Crippen LogP contribution in [0.25, 0.3) is 0 Å². The van der Waals surface area contributed by atoms with Crippen LogP contribution in [0, 0.1) is 0 Å². The molecule has 0 saturated heterocycles. The van der Waals surface area contributed by atoms with Crippen LogP contribution in [0.4, 0.5) is 30.7 Å². The summed E-state index contributed by atoms with van der Waals surface area (Å²) in [6.07, 6.45) is -8.23. The van der Waals surface area contributed by atoms with E-state index < -0.39 is 48.7 Å². The Morgan fingerprint density at radius 3 is 1.50 bits per heavy atom. The molecule has 0 aliphatic carbocycles. The first-order valence-corrected chi connectivity index (χ1v) is 9.19. The number of carbonyl (C=O) groups is 2. The summed E-state index contributed by atoms with van der Waals surface area (Å²) in [5.41, 5.74) is 0. The van der Waals surface area contributed by atoms with Gasteiger partial charge in [0.05, 0.1) is 6.42 Å². The van der Waals surface area contributed by atoms with E-state index in [4.69, 9.17) is 0 Å². The van der Waals surface area contributed by atoms with Gasteiger partial charge in [0.2, 0.25) is 5.78 Å². The van der Waals surface area contributed by atoms with E-state index in [-0.39, 0.29) is 0 Å². The number of rotatable bonds is 5. The van der Waals surface area contributed by atoms with E-state index in [9.17, 15) is 40.3 Å². The molecule has 2 nitrogen and oxygen atoms in total. The Labute approximate surface area is 124 Å². The van der Waals surface area contributed by atoms with Gasteiger partial charge in [-0.2, -0.15) is 30.7 Å². The highest BCUT2D eigenvalue weighted by molar-refractivity contribution is 7.06. The van der Waals surface area contributed by atoms with E-state index in [1.165, 1.54) is 13.1 Å². The van der Waals surface area contributed by atoms with Gasteiger partial charge in [-0.25, -0.2) is 0 Å². The third-order valence-electron chi connectivity index (χ3n) is 3.99. The molecule has 0 fully saturated rings. The minimum Gasteiger partial charge on any atom is -0.305 e. The van der Waals surface area contributed by atoms with Gasteiger partial charge in [-0.3, -0.25) is 4.79 Å². The lowest BCUT2D eigenvalue weighted by Gasteiger charge is -2.35. The maximum atomic E-state index is 13.2. The summed E-state index contributed by atoms with van der Waals surface area (Å²) in [6, 6.07) is 0. The number of carbonyl (C=O) groups excluding carboxylic acids is 2. The normalized spacial score (nSPS) is 14.9. The SMILES string of the molecule is CC(C)(C)[Si](C)(C)C(=O)CC(=O)C(F)(F)C(F)(F)C(F)(F)F. The highest BCUT2D eigenvalue weighted by Crippen LogP contribution is 2.47. The molecular formula is C12H17F7O2Si. The third kappa shape index (κ3) is 3.52. The van der Waals surface area contributed by atoms with Crippen molar-refractivity contribution >= 4 is 19.3 Å². The molecule has 0 unspecified atom stereocenters. The summed E-state index contributed by atoms with van der Waals surface area (Å²) in [6.45, 7) is 7.67. The summed E-state index contributed by atoms with van der Waals surface area (Å²) in [4.78, 5) is 23.1. The minimum atomic E-state index is -6.59. The summed E-state index contributed by atoms with van der Waals surface area (Å²) in [7, 11) is -2.97. The molecule has 0 rings (SSSR count). The molecule has 0 atom stereocenters.